The van der Waals surface area contributed by atoms with Gasteiger partial charge in [0.2, 0.25) is 0 Å². The van der Waals surface area contributed by atoms with Gasteiger partial charge in [0.25, 0.3) is 5.91 Å². The molecule has 0 bridgehead atoms. The molecule has 1 aliphatic rings. The number of hydrogen-bond acceptors (Lipinski definition) is 3. The number of hydrogen-bond donors (Lipinski definition) is 1. The summed E-state index contributed by atoms with van der Waals surface area (Å²) in [4.78, 5) is 25.4. The Kier molecular flexibility index (Phi) is 4.71. The number of rotatable bonds is 3. The van der Waals surface area contributed by atoms with E-state index in [1.807, 2.05) is 0 Å². The van der Waals surface area contributed by atoms with Crippen LogP contribution >= 0.6 is 0 Å². The first-order chi connectivity index (χ1) is 12.3. The summed E-state index contributed by atoms with van der Waals surface area (Å²) >= 11 is 0. The molecule has 2 aromatic rings. The number of amides is 1. The van der Waals surface area contributed by atoms with Gasteiger partial charge in [0.05, 0.1) is 5.69 Å². The molecule has 0 saturated carbocycles. The van der Waals surface area contributed by atoms with Crippen LogP contribution in [0.25, 0.3) is 5.69 Å². The highest BCUT2D eigenvalue weighted by Crippen LogP contribution is 2.28. The van der Waals surface area contributed by atoms with Gasteiger partial charge in [0.1, 0.15) is 6.04 Å². The van der Waals surface area contributed by atoms with Crippen LogP contribution in [-0.4, -0.2) is 44.3 Å². The second-order valence-electron chi connectivity index (χ2n) is 6.04. The van der Waals surface area contributed by atoms with E-state index in [0.29, 0.717) is 19.4 Å². The summed E-state index contributed by atoms with van der Waals surface area (Å²) < 4.78 is 39.1. The van der Waals surface area contributed by atoms with Gasteiger partial charge in [-0.05, 0) is 43.5 Å². The Labute approximate surface area is 146 Å². The van der Waals surface area contributed by atoms with Crippen molar-refractivity contribution in [2.24, 2.45) is 0 Å². The van der Waals surface area contributed by atoms with Crippen molar-refractivity contribution in [1.29, 1.82) is 0 Å². The van der Waals surface area contributed by atoms with Crippen molar-refractivity contribution in [1.82, 2.24) is 14.7 Å². The Hall–Kier alpha value is -2.84. The minimum absolute atomic E-state index is 0.208. The highest BCUT2D eigenvalue weighted by atomic mass is 19.4. The first kappa shape index (κ1) is 18.0. The lowest BCUT2D eigenvalue weighted by Gasteiger charge is -2.33. The predicted molar refractivity (Wildman–Crippen MR) is 84.9 cm³/mol. The molecule has 138 valence electrons. The first-order valence-electron chi connectivity index (χ1n) is 8.04. The lowest BCUT2D eigenvalue weighted by molar-refractivity contribution is -0.143. The topological polar surface area (TPSA) is 75.4 Å². The van der Waals surface area contributed by atoms with Crippen LogP contribution in [0.1, 0.15) is 35.3 Å². The van der Waals surface area contributed by atoms with Crippen LogP contribution < -0.4 is 0 Å². The molecule has 6 nitrogen and oxygen atoms in total. The molecule has 2 heterocycles. The summed E-state index contributed by atoms with van der Waals surface area (Å²) in [6, 6.07) is 5.92. The van der Waals surface area contributed by atoms with Crippen molar-refractivity contribution >= 4 is 11.9 Å². The predicted octanol–water partition coefficient (Wildman–Crippen LogP) is 2.97. The van der Waals surface area contributed by atoms with Crippen molar-refractivity contribution in [2.45, 2.75) is 31.5 Å². The molecule has 1 amide bonds. The van der Waals surface area contributed by atoms with E-state index in [-0.39, 0.29) is 11.3 Å². The number of carbonyl (C=O) groups is 2. The number of carbonyl (C=O) groups excluding carboxylic acids is 1. The number of aliphatic carboxylic acids is 1. The molecular formula is C17H16F3N3O3. The van der Waals surface area contributed by atoms with Gasteiger partial charge in [-0.15, -0.1) is 0 Å². The number of piperidine rings is 1. The molecule has 1 N–H and O–H groups in total. The zero-order valence-electron chi connectivity index (χ0n) is 13.6. The van der Waals surface area contributed by atoms with Gasteiger partial charge in [-0.25, -0.2) is 9.48 Å². The summed E-state index contributed by atoms with van der Waals surface area (Å²) in [5.41, 5.74) is -0.536. The molecule has 1 aliphatic heterocycles. The number of alkyl halides is 3. The fourth-order valence-electron chi connectivity index (χ4n) is 3.00. The number of nitrogens with zero attached hydrogens (tertiary/aromatic N) is 3. The Balaban J connectivity index is 1.88. The molecular weight excluding hydrogens is 351 g/mol. The van der Waals surface area contributed by atoms with E-state index < -0.39 is 29.8 Å². The van der Waals surface area contributed by atoms with Crippen LogP contribution in [0.15, 0.2) is 36.5 Å². The first-order valence-corrected chi connectivity index (χ1v) is 8.04. The van der Waals surface area contributed by atoms with Crippen LogP contribution in [0, 0.1) is 0 Å². The maximum absolute atomic E-state index is 12.7. The van der Waals surface area contributed by atoms with E-state index in [9.17, 15) is 27.9 Å². The number of benzene rings is 1. The maximum Gasteiger partial charge on any atom is 0.435 e. The van der Waals surface area contributed by atoms with Gasteiger partial charge in [0, 0.05) is 18.3 Å². The van der Waals surface area contributed by atoms with Crippen LogP contribution in [-0.2, 0) is 11.0 Å². The number of carboxylic acids is 1. The zero-order chi connectivity index (χ0) is 18.9. The molecule has 1 aromatic carbocycles. The molecule has 3 rings (SSSR count). The van der Waals surface area contributed by atoms with E-state index in [4.69, 9.17) is 0 Å². The van der Waals surface area contributed by atoms with E-state index >= 15 is 0 Å². The molecule has 1 fully saturated rings. The standard InChI is InChI=1S/C17H16F3N3O3/c18-17(19,20)14-7-9-23(21-14)12-5-3-4-11(10-12)15(24)22-8-2-1-6-13(22)16(25)26/h3-5,7,9-10,13H,1-2,6,8H2,(H,25,26). The smallest absolute Gasteiger partial charge is 0.435 e. The molecule has 0 radical (unpaired) electrons. The molecule has 1 atom stereocenters. The normalized spacial score (nSPS) is 18.0. The summed E-state index contributed by atoms with van der Waals surface area (Å²) in [6.45, 7) is 0.333. The fraction of sp³-hybridized carbons (Fsp3) is 0.353. The zero-order valence-corrected chi connectivity index (χ0v) is 13.6. The van der Waals surface area contributed by atoms with Gasteiger partial charge in [-0.1, -0.05) is 6.07 Å². The summed E-state index contributed by atoms with van der Waals surface area (Å²) in [5.74, 6) is -1.52. The lowest BCUT2D eigenvalue weighted by atomic mass is 10.0. The summed E-state index contributed by atoms with van der Waals surface area (Å²) in [6.07, 6.45) is -1.57. The molecule has 1 aromatic heterocycles. The number of halogens is 3. The van der Waals surface area contributed by atoms with Gasteiger partial charge >= 0.3 is 12.1 Å². The Morgan fingerprint density at radius 2 is 1.96 bits per heavy atom. The fourth-order valence-corrected chi connectivity index (χ4v) is 3.00. The maximum atomic E-state index is 12.7. The molecule has 0 aliphatic carbocycles. The van der Waals surface area contributed by atoms with Crippen LogP contribution in [0.5, 0.6) is 0 Å². The quantitative estimate of drug-likeness (QED) is 0.905. The van der Waals surface area contributed by atoms with Crippen molar-refractivity contribution in [2.75, 3.05) is 6.54 Å². The monoisotopic (exact) mass is 367 g/mol. The largest absolute Gasteiger partial charge is 0.480 e. The van der Waals surface area contributed by atoms with Crippen molar-refractivity contribution < 1.29 is 27.9 Å². The average molecular weight is 367 g/mol. The van der Waals surface area contributed by atoms with Gasteiger partial charge in [-0.3, -0.25) is 4.79 Å². The SMILES string of the molecule is O=C(O)C1CCCCN1C(=O)c1cccc(-n2ccc(C(F)(F)F)n2)c1. The summed E-state index contributed by atoms with van der Waals surface area (Å²) in [5, 5.41) is 12.8. The molecule has 26 heavy (non-hydrogen) atoms. The van der Waals surface area contributed by atoms with E-state index in [1.165, 1.54) is 29.2 Å². The number of likely N-dealkylation sites (tertiary alicyclic amines) is 1. The van der Waals surface area contributed by atoms with Gasteiger partial charge < -0.3 is 10.0 Å². The van der Waals surface area contributed by atoms with Crippen molar-refractivity contribution in [3.05, 3.63) is 47.8 Å². The van der Waals surface area contributed by atoms with Crippen molar-refractivity contribution in [3.8, 4) is 5.69 Å². The lowest BCUT2D eigenvalue weighted by Crippen LogP contribution is -2.48. The van der Waals surface area contributed by atoms with Gasteiger partial charge in [0.15, 0.2) is 5.69 Å². The molecule has 0 spiro atoms. The van der Waals surface area contributed by atoms with Crippen LogP contribution in [0.2, 0.25) is 0 Å². The highest BCUT2D eigenvalue weighted by Gasteiger charge is 2.34. The van der Waals surface area contributed by atoms with Crippen LogP contribution in [0.4, 0.5) is 13.2 Å². The third-order valence-electron chi connectivity index (χ3n) is 4.29. The third kappa shape index (κ3) is 3.56. The molecule has 1 unspecified atom stereocenters. The highest BCUT2D eigenvalue weighted by molar-refractivity contribution is 5.97. The second-order valence-corrected chi connectivity index (χ2v) is 6.04. The Morgan fingerprint density at radius 3 is 2.62 bits per heavy atom. The van der Waals surface area contributed by atoms with E-state index in [0.717, 1.165) is 23.4 Å². The van der Waals surface area contributed by atoms with E-state index in [2.05, 4.69) is 5.10 Å². The van der Waals surface area contributed by atoms with Gasteiger partial charge in [-0.2, -0.15) is 18.3 Å². The third-order valence-corrected chi connectivity index (χ3v) is 4.29. The minimum atomic E-state index is -4.55. The van der Waals surface area contributed by atoms with Crippen molar-refractivity contribution in [3.63, 3.8) is 0 Å². The molecule has 1 saturated heterocycles. The number of carboxylic acid groups (broad SMARTS) is 1. The average Bonchev–Trinajstić information content (AvgIpc) is 3.12. The number of aromatic nitrogens is 2. The Morgan fingerprint density at radius 1 is 1.19 bits per heavy atom. The molecule has 9 heteroatoms. The summed E-state index contributed by atoms with van der Waals surface area (Å²) in [7, 11) is 0. The van der Waals surface area contributed by atoms with Crippen LogP contribution in [0.3, 0.4) is 0 Å². The second kappa shape index (κ2) is 6.81. The Bertz CT molecular complexity index is 832. The van der Waals surface area contributed by atoms with E-state index in [1.54, 1.807) is 0 Å². The minimum Gasteiger partial charge on any atom is -0.480 e.